The number of hydrogen-bond donors (Lipinski definition) is 0. The van der Waals surface area contributed by atoms with E-state index in [1.165, 1.54) is 0 Å². The number of halogens is 1. The average Bonchev–Trinajstić information content (AvgIpc) is 3.02. The number of aromatic nitrogens is 1. The second kappa shape index (κ2) is 8.99. The number of nitrogens with zero attached hydrogens (tertiary/aromatic N) is 2. The molecule has 2 heterocycles. The Labute approximate surface area is 176 Å². The van der Waals surface area contributed by atoms with Crippen molar-refractivity contribution in [2.75, 3.05) is 19.7 Å². The van der Waals surface area contributed by atoms with E-state index in [1.807, 2.05) is 49.9 Å². The molecule has 0 saturated carbocycles. The molecular weight excluding hydrogens is 392 g/mol. The van der Waals surface area contributed by atoms with Crippen LogP contribution in [0.2, 0.25) is 5.02 Å². The second-order valence-corrected chi connectivity index (χ2v) is 8.04. The summed E-state index contributed by atoms with van der Waals surface area (Å²) in [5.41, 5.74) is 1.85. The predicted octanol–water partition coefficient (Wildman–Crippen LogP) is 3.90. The lowest BCUT2D eigenvalue weighted by molar-refractivity contribution is -0.160. The molecule has 1 amide bonds. The number of benzene rings is 1. The number of amides is 1. The number of aryl methyl sites for hydroxylation is 2. The Morgan fingerprint density at radius 2 is 1.93 bits per heavy atom. The number of likely N-dealkylation sites (tertiary alicyclic amines) is 1. The first-order valence-corrected chi connectivity index (χ1v) is 10.3. The van der Waals surface area contributed by atoms with Crippen molar-refractivity contribution in [3.8, 4) is 0 Å². The van der Waals surface area contributed by atoms with Gasteiger partial charge in [-0.05, 0) is 51.7 Å². The summed E-state index contributed by atoms with van der Waals surface area (Å²) in [5.74, 6) is 0.486. The zero-order valence-corrected chi connectivity index (χ0v) is 17.9. The first kappa shape index (κ1) is 21.4. The first-order chi connectivity index (χ1) is 13.9. The molecular formula is C22H27ClN2O4. The number of carbonyl (C=O) groups is 2. The van der Waals surface area contributed by atoms with Crippen LogP contribution in [0.3, 0.4) is 0 Å². The third-order valence-electron chi connectivity index (χ3n) is 5.78. The number of hydrogen-bond acceptors (Lipinski definition) is 5. The molecule has 1 aliphatic rings. The molecule has 0 unspecified atom stereocenters. The molecule has 6 nitrogen and oxygen atoms in total. The fourth-order valence-electron chi connectivity index (χ4n) is 3.95. The van der Waals surface area contributed by atoms with Gasteiger partial charge in [-0.25, -0.2) is 0 Å². The Balaban J connectivity index is 1.73. The highest BCUT2D eigenvalue weighted by atomic mass is 35.5. The predicted molar refractivity (Wildman–Crippen MR) is 110 cm³/mol. The maximum absolute atomic E-state index is 12.9. The molecule has 0 bridgehead atoms. The standard InChI is InChI=1S/C22H27ClN2O4/c1-4-28-21(27)22(14-17-7-5-6-8-19(17)23)9-11-25(12-10-22)20(26)13-18-15(2)24-29-16(18)3/h5-8H,4,9-14H2,1-3H3. The molecule has 3 rings (SSSR count). The molecule has 1 aliphatic heterocycles. The van der Waals surface area contributed by atoms with Gasteiger partial charge in [-0.15, -0.1) is 0 Å². The van der Waals surface area contributed by atoms with Crippen LogP contribution in [0.1, 0.15) is 42.3 Å². The summed E-state index contributed by atoms with van der Waals surface area (Å²) in [4.78, 5) is 27.5. The van der Waals surface area contributed by atoms with Crippen LogP contribution < -0.4 is 0 Å². The Kier molecular flexibility index (Phi) is 6.63. The summed E-state index contributed by atoms with van der Waals surface area (Å²) in [6.45, 7) is 6.80. The van der Waals surface area contributed by atoms with Gasteiger partial charge in [-0.3, -0.25) is 9.59 Å². The molecule has 1 aromatic heterocycles. The van der Waals surface area contributed by atoms with Crippen LogP contribution in [0.5, 0.6) is 0 Å². The van der Waals surface area contributed by atoms with E-state index in [9.17, 15) is 9.59 Å². The zero-order valence-electron chi connectivity index (χ0n) is 17.2. The van der Waals surface area contributed by atoms with Crippen molar-refractivity contribution < 1.29 is 18.8 Å². The molecule has 2 aromatic rings. The highest BCUT2D eigenvalue weighted by Crippen LogP contribution is 2.38. The smallest absolute Gasteiger partial charge is 0.312 e. The first-order valence-electron chi connectivity index (χ1n) is 9.96. The number of rotatable bonds is 6. The van der Waals surface area contributed by atoms with Gasteiger partial charge in [0.25, 0.3) is 0 Å². The van der Waals surface area contributed by atoms with Crippen LogP contribution in [0.4, 0.5) is 0 Å². The van der Waals surface area contributed by atoms with Crippen molar-refractivity contribution in [3.05, 3.63) is 51.9 Å². The Morgan fingerprint density at radius 1 is 1.24 bits per heavy atom. The minimum Gasteiger partial charge on any atom is -0.466 e. The second-order valence-electron chi connectivity index (χ2n) is 7.63. The van der Waals surface area contributed by atoms with Crippen molar-refractivity contribution in [1.82, 2.24) is 10.1 Å². The van der Waals surface area contributed by atoms with Crippen LogP contribution in [0.15, 0.2) is 28.8 Å². The fourth-order valence-corrected chi connectivity index (χ4v) is 4.15. The van der Waals surface area contributed by atoms with Crippen LogP contribution >= 0.6 is 11.6 Å². The largest absolute Gasteiger partial charge is 0.466 e. The maximum Gasteiger partial charge on any atom is 0.312 e. The van der Waals surface area contributed by atoms with Crippen molar-refractivity contribution in [1.29, 1.82) is 0 Å². The lowest BCUT2D eigenvalue weighted by atomic mass is 9.73. The molecule has 0 radical (unpaired) electrons. The summed E-state index contributed by atoms with van der Waals surface area (Å²) in [5, 5.41) is 4.56. The van der Waals surface area contributed by atoms with Gasteiger partial charge in [0.05, 0.1) is 24.1 Å². The third-order valence-corrected chi connectivity index (χ3v) is 6.15. The quantitative estimate of drug-likeness (QED) is 0.665. The van der Waals surface area contributed by atoms with E-state index in [2.05, 4.69) is 5.16 Å². The molecule has 7 heteroatoms. The molecule has 156 valence electrons. The average molecular weight is 419 g/mol. The molecule has 1 aromatic carbocycles. The Morgan fingerprint density at radius 3 is 2.52 bits per heavy atom. The molecule has 0 atom stereocenters. The van der Waals surface area contributed by atoms with E-state index < -0.39 is 5.41 Å². The number of ether oxygens (including phenoxy) is 1. The molecule has 1 fully saturated rings. The molecule has 0 spiro atoms. The summed E-state index contributed by atoms with van der Waals surface area (Å²) in [6, 6.07) is 7.57. The number of carbonyl (C=O) groups excluding carboxylic acids is 2. The van der Waals surface area contributed by atoms with Crippen molar-refractivity contribution in [2.45, 2.75) is 46.5 Å². The molecule has 0 N–H and O–H groups in total. The van der Waals surface area contributed by atoms with Gasteiger partial charge in [0, 0.05) is 23.7 Å². The maximum atomic E-state index is 12.9. The fraction of sp³-hybridized carbons (Fsp3) is 0.500. The van der Waals surface area contributed by atoms with E-state index >= 15 is 0 Å². The van der Waals surface area contributed by atoms with Crippen molar-refractivity contribution in [2.24, 2.45) is 5.41 Å². The van der Waals surface area contributed by atoms with Gasteiger partial charge in [-0.1, -0.05) is 35.0 Å². The van der Waals surface area contributed by atoms with Gasteiger partial charge in [0.15, 0.2) is 0 Å². The summed E-state index contributed by atoms with van der Waals surface area (Å²) in [7, 11) is 0. The monoisotopic (exact) mass is 418 g/mol. The number of piperidine rings is 1. The van der Waals surface area contributed by atoms with E-state index in [0.717, 1.165) is 16.8 Å². The van der Waals surface area contributed by atoms with Crippen molar-refractivity contribution >= 4 is 23.5 Å². The third kappa shape index (κ3) is 4.64. The summed E-state index contributed by atoms with van der Waals surface area (Å²) >= 11 is 6.34. The molecule has 29 heavy (non-hydrogen) atoms. The number of esters is 1. The summed E-state index contributed by atoms with van der Waals surface area (Å²) < 4.78 is 10.6. The zero-order chi connectivity index (χ0) is 21.0. The minimum absolute atomic E-state index is 0.0228. The lowest BCUT2D eigenvalue weighted by Crippen LogP contribution is -2.48. The van der Waals surface area contributed by atoms with E-state index in [-0.39, 0.29) is 18.3 Å². The van der Waals surface area contributed by atoms with Gasteiger partial charge < -0.3 is 14.2 Å². The van der Waals surface area contributed by atoms with Crippen molar-refractivity contribution in [3.63, 3.8) is 0 Å². The Hall–Kier alpha value is -2.34. The Bertz CT molecular complexity index is 865. The van der Waals surface area contributed by atoms with Crippen LogP contribution in [0, 0.1) is 19.3 Å². The molecule has 1 saturated heterocycles. The van der Waals surface area contributed by atoms with E-state index in [1.54, 1.807) is 0 Å². The molecule has 0 aliphatic carbocycles. The van der Waals surface area contributed by atoms with E-state index in [4.69, 9.17) is 20.9 Å². The highest BCUT2D eigenvalue weighted by molar-refractivity contribution is 6.31. The topological polar surface area (TPSA) is 72.6 Å². The SMILES string of the molecule is CCOC(=O)C1(Cc2ccccc2Cl)CCN(C(=O)Cc2c(C)noc2C)CC1. The van der Waals surface area contributed by atoms with Gasteiger partial charge in [-0.2, -0.15) is 0 Å². The van der Waals surface area contributed by atoms with E-state index in [0.29, 0.717) is 49.7 Å². The highest BCUT2D eigenvalue weighted by Gasteiger charge is 2.44. The van der Waals surface area contributed by atoms with Gasteiger partial charge in [0.1, 0.15) is 5.76 Å². The van der Waals surface area contributed by atoms with Crippen LogP contribution in [0.25, 0.3) is 0 Å². The lowest BCUT2D eigenvalue weighted by Gasteiger charge is -2.40. The van der Waals surface area contributed by atoms with Gasteiger partial charge in [0.2, 0.25) is 5.91 Å². The normalized spacial score (nSPS) is 15.9. The minimum atomic E-state index is -0.666. The van der Waals surface area contributed by atoms with Crippen LogP contribution in [-0.4, -0.2) is 41.6 Å². The van der Waals surface area contributed by atoms with Gasteiger partial charge >= 0.3 is 5.97 Å². The summed E-state index contributed by atoms with van der Waals surface area (Å²) in [6.07, 6.45) is 1.87. The van der Waals surface area contributed by atoms with Crippen LogP contribution in [-0.2, 0) is 27.2 Å².